The molecule has 2 amide bonds. The topological polar surface area (TPSA) is 83.9 Å². The number of anilines is 1. The predicted octanol–water partition coefficient (Wildman–Crippen LogP) is 2.20. The second-order valence-corrected chi connectivity index (χ2v) is 7.51. The van der Waals surface area contributed by atoms with Crippen molar-refractivity contribution in [2.45, 2.75) is 43.6 Å². The monoisotopic (exact) mass is 378 g/mol. The molecule has 0 bridgehead atoms. The van der Waals surface area contributed by atoms with Gasteiger partial charge in [-0.15, -0.1) is 0 Å². The summed E-state index contributed by atoms with van der Waals surface area (Å²) < 4.78 is 26.1. The van der Waals surface area contributed by atoms with E-state index in [-0.39, 0.29) is 43.3 Å². The molecule has 1 aliphatic carbocycles. The third-order valence-electron chi connectivity index (χ3n) is 5.31. The summed E-state index contributed by atoms with van der Waals surface area (Å²) in [5.74, 6) is -3.97. The first-order valence-electron chi connectivity index (χ1n) is 8.99. The molecule has 1 aromatic heterocycles. The maximum atomic E-state index is 13.1. The molecule has 27 heavy (non-hydrogen) atoms. The Hall–Kier alpha value is -2.58. The Morgan fingerprint density at radius 1 is 1.33 bits per heavy atom. The third-order valence-corrected chi connectivity index (χ3v) is 5.31. The molecule has 1 atom stereocenters. The number of carbonyl (C=O) groups excluding carboxylic acids is 2. The number of rotatable bonds is 3. The number of halogens is 2. The standard InChI is InChI=1S/C18H20F2N4O3/c19-18(20)7-12(8-18)16(26)24-6-2-4-17(11-24)9-14(23-27-17)15(25)22-13-3-1-5-21-10-13/h1,3,5,10,12H,2,4,6-9,11H2,(H,22,25). The average molecular weight is 378 g/mol. The predicted molar refractivity (Wildman–Crippen MR) is 92.2 cm³/mol. The second-order valence-electron chi connectivity index (χ2n) is 7.51. The number of hydrogen-bond donors (Lipinski definition) is 1. The summed E-state index contributed by atoms with van der Waals surface area (Å²) in [5.41, 5.74) is 0.0581. The molecule has 1 saturated carbocycles. The lowest BCUT2D eigenvalue weighted by atomic mass is 9.79. The Morgan fingerprint density at radius 2 is 2.15 bits per heavy atom. The van der Waals surface area contributed by atoms with E-state index < -0.39 is 17.4 Å². The largest absolute Gasteiger partial charge is 0.386 e. The van der Waals surface area contributed by atoms with Crippen LogP contribution in [-0.4, -0.2) is 52.0 Å². The number of likely N-dealkylation sites (tertiary alicyclic amines) is 1. The van der Waals surface area contributed by atoms with Gasteiger partial charge in [0.1, 0.15) is 5.71 Å². The van der Waals surface area contributed by atoms with E-state index in [4.69, 9.17) is 4.84 Å². The molecule has 0 aromatic carbocycles. The van der Waals surface area contributed by atoms with Gasteiger partial charge in [-0.1, -0.05) is 5.16 Å². The van der Waals surface area contributed by atoms with Gasteiger partial charge in [0.25, 0.3) is 5.91 Å². The summed E-state index contributed by atoms with van der Waals surface area (Å²) >= 11 is 0. The minimum absolute atomic E-state index is 0.253. The summed E-state index contributed by atoms with van der Waals surface area (Å²) in [7, 11) is 0. The van der Waals surface area contributed by atoms with E-state index in [1.807, 2.05) is 0 Å². The molecule has 3 heterocycles. The van der Waals surface area contributed by atoms with Gasteiger partial charge < -0.3 is 15.1 Å². The zero-order valence-corrected chi connectivity index (χ0v) is 14.7. The van der Waals surface area contributed by atoms with Crippen LogP contribution in [0, 0.1) is 5.92 Å². The van der Waals surface area contributed by atoms with E-state index in [9.17, 15) is 18.4 Å². The van der Waals surface area contributed by atoms with Gasteiger partial charge in [-0.25, -0.2) is 8.78 Å². The minimum Gasteiger partial charge on any atom is -0.386 e. The minimum atomic E-state index is -2.72. The van der Waals surface area contributed by atoms with Gasteiger partial charge in [-0.05, 0) is 25.0 Å². The van der Waals surface area contributed by atoms with Gasteiger partial charge in [0.2, 0.25) is 11.8 Å². The SMILES string of the molecule is O=C(Nc1cccnc1)C1=NOC2(CCCN(C(=O)C3CC(F)(F)C3)C2)C1. The van der Waals surface area contributed by atoms with Crippen LogP contribution in [0.15, 0.2) is 29.7 Å². The summed E-state index contributed by atoms with van der Waals surface area (Å²) in [6.07, 6.45) is 3.99. The van der Waals surface area contributed by atoms with Crippen molar-refractivity contribution >= 4 is 23.2 Å². The first-order chi connectivity index (χ1) is 12.9. The smallest absolute Gasteiger partial charge is 0.273 e. The maximum Gasteiger partial charge on any atom is 0.273 e. The number of pyridine rings is 1. The van der Waals surface area contributed by atoms with Gasteiger partial charge >= 0.3 is 0 Å². The van der Waals surface area contributed by atoms with E-state index in [1.54, 1.807) is 23.2 Å². The van der Waals surface area contributed by atoms with Gasteiger partial charge in [0.05, 0.1) is 18.4 Å². The lowest BCUT2D eigenvalue weighted by Gasteiger charge is -2.42. The van der Waals surface area contributed by atoms with Crippen molar-refractivity contribution in [2.24, 2.45) is 11.1 Å². The Balaban J connectivity index is 1.36. The average Bonchev–Trinajstić information content (AvgIpc) is 3.03. The molecular weight excluding hydrogens is 358 g/mol. The number of hydrogen-bond acceptors (Lipinski definition) is 5. The highest BCUT2D eigenvalue weighted by molar-refractivity contribution is 6.43. The first-order valence-corrected chi connectivity index (χ1v) is 8.99. The van der Waals surface area contributed by atoms with Crippen LogP contribution < -0.4 is 5.32 Å². The van der Waals surface area contributed by atoms with Crippen LogP contribution in [0.4, 0.5) is 14.5 Å². The van der Waals surface area contributed by atoms with Gasteiger partial charge in [0, 0.05) is 37.9 Å². The summed E-state index contributed by atoms with van der Waals surface area (Å²) in [6, 6.07) is 3.42. The molecule has 1 spiro atoms. The fourth-order valence-electron chi connectivity index (χ4n) is 3.88. The van der Waals surface area contributed by atoms with Crippen molar-refractivity contribution in [1.82, 2.24) is 9.88 Å². The van der Waals surface area contributed by atoms with Gasteiger partial charge in [0.15, 0.2) is 5.60 Å². The number of aromatic nitrogens is 1. The molecule has 1 unspecified atom stereocenters. The van der Waals surface area contributed by atoms with Crippen molar-refractivity contribution in [3.05, 3.63) is 24.5 Å². The van der Waals surface area contributed by atoms with Crippen molar-refractivity contribution in [3.8, 4) is 0 Å². The van der Waals surface area contributed by atoms with Gasteiger partial charge in [-0.2, -0.15) is 0 Å². The summed E-state index contributed by atoms with van der Waals surface area (Å²) in [4.78, 5) is 35.9. The van der Waals surface area contributed by atoms with E-state index in [0.29, 0.717) is 25.1 Å². The Labute approximate surface area is 154 Å². The normalized spacial score (nSPS) is 26.9. The first kappa shape index (κ1) is 17.8. The van der Waals surface area contributed by atoms with Crippen LogP contribution in [0.2, 0.25) is 0 Å². The highest BCUT2D eigenvalue weighted by Crippen LogP contribution is 2.44. The van der Waals surface area contributed by atoms with Crippen molar-refractivity contribution in [1.29, 1.82) is 0 Å². The molecule has 1 aromatic rings. The van der Waals surface area contributed by atoms with Crippen molar-refractivity contribution in [3.63, 3.8) is 0 Å². The van der Waals surface area contributed by atoms with E-state index in [1.165, 1.54) is 6.20 Å². The number of carbonyl (C=O) groups is 2. The van der Waals surface area contributed by atoms with Crippen LogP contribution in [0.3, 0.4) is 0 Å². The van der Waals surface area contributed by atoms with Crippen LogP contribution in [0.25, 0.3) is 0 Å². The molecule has 4 rings (SSSR count). The fraction of sp³-hybridized carbons (Fsp3) is 0.556. The molecule has 9 heteroatoms. The molecule has 2 aliphatic heterocycles. The Kier molecular flexibility index (Phi) is 4.32. The summed E-state index contributed by atoms with van der Waals surface area (Å²) in [6.45, 7) is 0.782. The molecule has 3 aliphatic rings. The number of alkyl halides is 2. The maximum absolute atomic E-state index is 13.1. The highest BCUT2D eigenvalue weighted by Gasteiger charge is 2.52. The van der Waals surface area contributed by atoms with Crippen LogP contribution in [0.5, 0.6) is 0 Å². The molecule has 144 valence electrons. The quantitative estimate of drug-likeness (QED) is 0.874. The van der Waals surface area contributed by atoms with Crippen LogP contribution in [0.1, 0.15) is 32.1 Å². The molecular formula is C18H20F2N4O3. The number of nitrogens with one attached hydrogen (secondary N) is 1. The van der Waals surface area contributed by atoms with Crippen molar-refractivity contribution in [2.75, 3.05) is 18.4 Å². The Morgan fingerprint density at radius 3 is 2.85 bits per heavy atom. The van der Waals surface area contributed by atoms with E-state index >= 15 is 0 Å². The van der Waals surface area contributed by atoms with Gasteiger partial charge in [-0.3, -0.25) is 14.6 Å². The molecule has 0 radical (unpaired) electrons. The van der Waals surface area contributed by atoms with Crippen LogP contribution in [-0.2, 0) is 14.4 Å². The second kappa shape index (κ2) is 6.54. The van der Waals surface area contributed by atoms with E-state index in [2.05, 4.69) is 15.5 Å². The lowest BCUT2D eigenvalue weighted by molar-refractivity contribution is -0.166. The Bertz CT molecular complexity index is 778. The van der Waals surface area contributed by atoms with Crippen molar-refractivity contribution < 1.29 is 23.2 Å². The molecule has 1 saturated heterocycles. The molecule has 1 N–H and O–H groups in total. The van der Waals surface area contributed by atoms with E-state index in [0.717, 1.165) is 0 Å². The molecule has 2 fully saturated rings. The lowest BCUT2D eigenvalue weighted by Crippen LogP contribution is -2.54. The zero-order chi connectivity index (χ0) is 19.1. The highest BCUT2D eigenvalue weighted by atomic mass is 19.3. The zero-order valence-electron chi connectivity index (χ0n) is 14.7. The number of amides is 2. The molecule has 7 nitrogen and oxygen atoms in total. The van der Waals surface area contributed by atoms with Crippen LogP contribution >= 0.6 is 0 Å². The third kappa shape index (κ3) is 3.63. The number of oxime groups is 1. The fourth-order valence-corrected chi connectivity index (χ4v) is 3.88. The number of piperidine rings is 1. The summed E-state index contributed by atoms with van der Waals surface area (Å²) in [5, 5.41) is 6.64. The number of nitrogens with zero attached hydrogens (tertiary/aromatic N) is 3.